The molecule has 37 heavy (non-hydrogen) atoms. The highest BCUT2D eigenvalue weighted by Crippen LogP contribution is 2.37. The number of carbonyl (C=O) groups excluding carboxylic acids is 1. The molecular weight excluding hydrogens is 464 g/mol. The van der Waals surface area contributed by atoms with Crippen molar-refractivity contribution in [2.24, 2.45) is 5.73 Å². The number of amides is 1. The molecule has 3 N–H and O–H groups in total. The second kappa shape index (κ2) is 10.1. The van der Waals surface area contributed by atoms with Crippen molar-refractivity contribution in [3.05, 3.63) is 54.2 Å². The number of primary amides is 1. The summed E-state index contributed by atoms with van der Waals surface area (Å²) in [4.78, 5) is 17.8. The monoisotopic (exact) mass is 502 g/mol. The average molecular weight is 503 g/mol. The maximum Gasteiger partial charge on any atom is 0.265 e. The van der Waals surface area contributed by atoms with E-state index >= 15 is 0 Å². The van der Waals surface area contributed by atoms with Crippen LogP contribution in [0.3, 0.4) is 0 Å². The Hall–Kier alpha value is -2.87. The molecule has 2 aromatic carbocycles. The molecule has 2 unspecified atom stereocenters. The van der Waals surface area contributed by atoms with E-state index in [2.05, 4.69) is 44.7 Å². The Morgan fingerprint density at radius 2 is 1.68 bits per heavy atom. The smallest absolute Gasteiger partial charge is 0.265 e. The van der Waals surface area contributed by atoms with Gasteiger partial charge >= 0.3 is 0 Å². The third-order valence-electron chi connectivity index (χ3n) is 8.99. The van der Waals surface area contributed by atoms with Crippen molar-refractivity contribution >= 4 is 16.8 Å². The average Bonchev–Trinajstić information content (AvgIpc) is 3.42. The standard InChI is InChI=1S/C30H38N4O3/c1-37-25-9-5-20(6-10-25)26-3-2-4-28-27(26)19-29(30(31)36)34(28)21-11-13-32(14-12-21)15-16-33-22-7-8-23(33)18-24(35)17-22/h2-6,9-10,19,21-24,35H,7-8,11-18H2,1H3,(H2,31,36). The number of likely N-dealkylation sites (tertiary alicyclic amines) is 1. The van der Waals surface area contributed by atoms with Crippen LogP contribution < -0.4 is 10.5 Å². The van der Waals surface area contributed by atoms with Gasteiger partial charge in [0.15, 0.2) is 0 Å². The molecule has 0 radical (unpaired) electrons. The summed E-state index contributed by atoms with van der Waals surface area (Å²) in [6.45, 7) is 4.21. The first-order valence-electron chi connectivity index (χ1n) is 13.8. The molecule has 1 amide bonds. The first-order valence-corrected chi connectivity index (χ1v) is 13.8. The minimum Gasteiger partial charge on any atom is -0.497 e. The van der Waals surface area contributed by atoms with Crippen LogP contribution in [0.5, 0.6) is 5.75 Å². The van der Waals surface area contributed by atoms with Gasteiger partial charge in [0.1, 0.15) is 11.4 Å². The van der Waals surface area contributed by atoms with E-state index in [1.807, 2.05) is 18.2 Å². The van der Waals surface area contributed by atoms with Gasteiger partial charge in [-0.1, -0.05) is 24.3 Å². The number of aliphatic hydroxyl groups is 1. The number of fused-ring (bicyclic) bond motifs is 3. The first kappa shape index (κ1) is 24.5. The van der Waals surface area contributed by atoms with Crippen LogP contribution in [-0.4, -0.2) is 76.9 Å². The number of aromatic nitrogens is 1. The fraction of sp³-hybridized carbons (Fsp3) is 0.500. The van der Waals surface area contributed by atoms with Gasteiger partial charge < -0.3 is 25.0 Å². The summed E-state index contributed by atoms with van der Waals surface area (Å²) in [5, 5.41) is 11.2. The van der Waals surface area contributed by atoms with Crippen LogP contribution in [0.15, 0.2) is 48.5 Å². The highest BCUT2D eigenvalue weighted by molar-refractivity contribution is 6.03. The van der Waals surface area contributed by atoms with Crippen molar-refractivity contribution in [1.29, 1.82) is 0 Å². The summed E-state index contributed by atoms with van der Waals surface area (Å²) >= 11 is 0. The summed E-state index contributed by atoms with van der Waals surface area (Å²) in [5.74, 6) is 0.450. The number of methoxy groups -OCH3 is 1. The maximum atomic E-state index is 12.5. The van der Waals surface area contributed by atoms with E-state index in [1.54, 1.807) is 7.11 Å². The van der Waals surface area contributed by atoms with Gasteiger partial charge in [-0.2, -0.15) is 0 Å². The van der Waals surface area contributed by atoms with Crippen LogP contribution in [0.4, 0.5) is 0 Å². The number of benzene rings is 2. The van der Waals surface area contributed by atoms with Gasteiger partial charge in [-0.25, -0.2) is 0 Å². The lowest BCUT2D eigenvalue weighted by molar-refractivity contribution is 0.0282. The molecule has 3 aliphatic heterocycles. The Bertz CT molecular complexity index is 1250. The van der Waals surface area contributed by atoms with Crippen molar-refractivity contribution in [3.63, 3.8) is 0 Å². The molecule has 0 spiro atoms. The number of rotatable bonds is 7. The van der Waals surface area contributed by atoms with Crippen molar-refractivity contribution < 1.29 is 14.6 Å². The molecule has 3 saturated heterocycles. The van der Waals surface area contributed by atoms with Crippen molar-refractivity contribution in [2.75, 3.05) is 33.3 Å². The molecule has 0 aliphatic carbocycles. The Balaban J connectivity index is 1.18. The molecule has 3 aromatic rings. The zero-order valence-electron chi connectivity index (χ0n) is 21.7. The molecule has 3 fully saturated rings. The third-order valence-corrected chi connectivity index (χ3v) is 8.99. The van der Waals surface area contributed by atoms with Crippen LogP contribution >= 0.6 is 0 Å². The summed E-state index contributed by atoms with van der Waals surface area (Å²) in [6.07, 6.45) is 6.25. The largest absolute Gasteiger partial charge is 0.497 e. The van der Waals surface area contributed by atoms with Crippen LogP contribution in [0.25, 0.3) is 22.0 Å². The molecule has 2 atom stereocenters. The van der Waals surface area contributed by atoms with E-state index in [-0.39, 0.29) is 18.1 Å². The minimum atomic E-state index is -0.373. The number of carbonyl (C=O) groups is 1. The lowest BCUT2D eigenvalue weighted by Crippen LogP contribution is -2.48. The quantitative estimate of drug-likeness (QED) is 0.510. The molecule has 1 aromatic heterocycles. The van der Waals surface area contributed by atoms with Gasteiger partial charge in [0.05, 0.1) is 13.2 Å². The molecule has 196 valence electrons. The van der Waals surface area contributed by atoms with E-state index in [9.17, 15) is 9.90 Å². The number of aliphatic hydroxyl groups excluding tert-OH is 1. The van der Waals surface area contributed by atoms with Crippen LogP contribution in [0.2, 0.25) is 0 Å². The first-order chi connectivity index (χ1) is 18.0. The summed E-state index contributed by atoms with van der Waals surface area (Å²) in [5.41, 5.74) is 9.76. The molecule has 4 heterocycles. The summed E-state index contributed by atoms with van der Waals surface area (Å²) < 4.78 is 7.53. The van der Waals surface area contributed by atoms with Gasteiger partial charge in [0.2, 0.25) is 0 Å². The van der Waals surface area contributed by atoms with Gasteiger partial charge in [-0.05, 0) is 73.9 Å². The lowest BCUT2D eigenvalue weighted by Gasteiger charge is -2.39. The minimum absolute atomic E-state index is 0.106. The lowest BCUT2D eigenvalue weighted by atomic mass is 9.99. The fourth-order valence-electron chi connectivity index (χ4n) is 7.12. The Kier molecular flexibility index (Phi) is 6.69. The number of hydrogen-bond donors (Lipinski definition) is 2. The number of hydrogen-bond acceptors (Lipinski definition) is 5. The topological polar surface area (TPSA) is 84.0 Å². The van der Waals surface area contributed by atoms with E-state index in [4.69, 9.17) is 10.5 Å². The molecular formula is C30H38N4O3. The maximum absolute atomic E-state index is 12.5. The molecule has 7 nitrogen and oxygen atoms in total. The van der Waals surface area contributed by atoms with Crippen molar-refractivity contribution in [3.8, 4) is 16.9 Å². The molecule has 0 saturated carbocycles. The van der Waals surface area contributed by atoms with Crippen LogP contribution in [0.1, 0.15) is 55.1 Å². The third kappa shape index (κ3) is 4.65. The zero-order chi connectivity index (χ0) is 25.5. The van der Waals surface area contributed by atoms with Crippen LogP contribution in [0, 0.1) is 0 Å². The molecule has 6 rings (SSSR count). The summed E-state index contributed by atoms with van der Waals surface area (Å²) in [7, 11) is 1.67. The predicted molar refractivity (Wildman–Crippen MR) is 146 cm³/mol. The van der Waals surface area contributed by atoms with Gasteiger partial charge in [0.25, 0.3) is 5.91 Å². The highest BCUT2D eigenvalue weighted by Gasteiger charge is 2.40. The van der Waals surface area contributed by atoms with Gasteiger partial charge in [-0.3, -0.25) is 9.69 Å². The van der Waals surface area contributed by atoms with Gasteiger partial charge in [-0.15, -0.1) is 0 Å². The second-order valence-electron chi connectivity index (χ2n) is 11.1. The SMILES string of the molecule is COc1ccc(-c2cccc3c2cc(C(N)=O)n3C2CCN(CCN3C4CCC3CC(O)C4)CC2)cc1. The summed E-state index contributed by atoms with van der Waals surface area (Å²) in [6, 6.07) is 17.7. The number of nitrogens with zero attached hydrogens (tertiary/aromatic N) is 3. The normalized spacial score (nSPS) is 25.1. The van der Waals surface area contributed by atoms with E-state index < -0.39 is 0 Å². The molecule has 7 heteroatoms. The van der Waals surface area contributed by atoms with E-state index in [0.717, 1.165) is 79.6 Å². The molecule has 3 aliphatic rings. The predicted octanol–water partition coefficient (Wildman–Crippen LogP) is 4.04. The van der Waals surface area contributed by atoms with E-state index in [1.165, 1.54) is 12.8 Å². The Morgan fingerprint density at radius 1 is 0.973 bits per heavy atom. The second-order valence-corrected chi connectivity index (χ2v) is 11.1. The number of piperidine rings is 2. The van der Waals surface area contributed by atoms with Gasteiger partial charge in [0, 0.05) is 55.2 Å². The molecule has 2 bridgehead atoms. The number of ether oxygens (including phenoxy) is 1. The highest BCUT2D eigenvalue weighted by atomic mass is 16.5. The Labute approximate surface area is 218 Å². The van der Waals surface area contributed by atoms with Crippen molar-refractivity contribution in [2.45, 2.75) is 62.8 Å². The Morgan fingerprint density at radius 3 is 2.32 bits per heavy atom. The van der Waals surface area contributed by atoms with E-state index in [0.29, 0.717) is 17.8 Å². The fourth-order valence-corrected chi connectivity index (χ4v) is 7.12. The van der Waals surface area contributed by atoms with Crippen molar-refractivity contribution in [1.82, 2.24) is 14.4 Å². The number of nitrogens with two attached hydrogens (primary N) is 1. The van der Waals surface area contributed by atoms with Crippen LogP contribution in [-0.2, 0) is 0 Å². The zero-order valence-corrected chi connectivity index (χ0v) is 21.7.